The lowest BCUT2D eigenvalue weighted by Gasteiger charge is -2.35. The number of halogens is 1. The van der Waals surface area contributed by atoms with E-state index in [1.807, 2.05) is 7.05 Å². The van der Waals surface area contributed by atoms with Gasteiger partial charge in [-0.1, -0.05) is 0 Å². The van der Waals surface area contributed by atoms with E-state index in [0.29, 0.717) is 6.04 Å². The molecule has 0 saturated carbocycles. The van der Waals surface area contributed by atoms with Gasteiger partial charge in [0, 0.05) is 31.0 Å². The van der Waals surface area contributed by atoms with E-state index in [1.54, 1.807) is 11.0 Å². The molecule has 3 aromatic rings. The molecular formula is C17H19BrN6O. The summed E-state index contributed by atoms with van der Waals surface area (Å²) in [4.78, 5) is 11.0. The monoisotopic (exact) mass is 402 g/mol. The molecule has 1 saturated heterocycles. The molecule has 25 heavy (non-hydrogen) atoms. The van der Waals surface area contributed by atoms with Gasteiger partial charge in [0.1, 0.15) is 16.7 Å². The number of anilines is 3. The molecule has 1 fully saturated rings. The van der Waals surface area contributed by atoms with Crippen LogP contribution in [0.2, 0.25) is 0 Å². The maximum absolute atomic E-state index is 5.51. The summed E-state index contributed by atoms with van der Waals surface area (Å²) in [7, 11) is 1.86. The molecule has 0 spiro atoms. The first-order valence-corrected chi connectivity index (χ1v) is 8.97. The van der Waals surface area contributed by atoms with E-state index in [-0.39, 0.29) is 0 Å². The van der Waals surface area contributed by atoms with Crippen molar-refractivity contribution in [3.05, 3.63) is 35.2 Å². The maximum atomic E-state index is 5.51. The van der Waals surface area contributed by atoms with Gasteiger partial charge in [-0.3, -0.25) is 0 Å². The fourth-order valence-corrected chi connectivity index (χ4v) is 3.72. The highest BCUT2D eigenvalue weighted by molar-refractivity contribution is 9.10. The number of morpholine rings is 1. The molecule has 1 aliphatic heterocycles. The zero-order chi connectivity index (χ0) is 17.4. The van der Waals surface area contributed by atoms with Gasteiger partial charge in [0.25, 0.3) is 0 Å². The molecule has 3 heterocycles. The Balaban J connectivity index is 1.60. The average Bonchev–Trinajstić information content (AvgIpc) is 2.91. The number of benzene rings is 1. The van der Waals surface area contributed by atoms with Gasteiger partial charge in [0.2, 0.25) is 0 Å². The fraction of sp³-hybridized carbons (Fsp3) is 0.353. The van der Waals surface area contributed by atoms with Crippen LogP contribution in [0, 0.1) is 0 Å². The Hall–Kier alpha value is -2.19. The number of hydrogen-bond acceptors (Lipinski definition) is 6. The van der Waals surface area contributed by atoms with E-state index < -0.39 is 0 Å². The first kappa shape index (κ1) is 16.3. The lowest BCUT2D eigenvalue weighted by Crippen LogP contribution is -2.43. The normalized spacial score (nSPS) is 17.9. The number of nitrogens with zero attached hydrogens (tertiary/aromatic N) is 5. The largest absolute Gasteiger partial charge is 0.377 e. The van der Waals surface area contributed by atoms with Crippen LogP contribution in [0.25, 0.3) is 11.0 Å². The first-order valence-electron chi connectivity index (χ1n) is 8.18. The van der Waals surface area contributed by atoms with Gasteiger partial charge in [-0.25, -0.2) is 14.6 Å². The summed E-state index contributed by atoms with van der Waals surface area (Å²) in [6.07, 6.45) is 1.54. The predicted molar refractivity (Wildman–Crippen MR) is 101 cm³/mol. The van der Waals surface area contributed by atoms with Gasteiger partial charge in [-0.05, 0) is 47.1 Å². The molecule has 0 aliphatic carbocycles. The van der Waals surface area contributed by atoms with E-state index in [4.69, 9.17) is 4.74 Å². The van der Waals surface area contributed by atoms with Gasteiger partial charge >= 0.3 is 0 Å². The van der Waals surface area contributed by atoms with Crippen LogP contribution in [0.1, 0.15) is 6.92 Å². The molecule has 7 nitrogen and oxygen atoms in total. The van der Waals surface area contributed by atoms with Crippen molar-refractivity contribution < 1.29 is 4.74 Å². The van der Waals surface area contributed by atoms with Crippen LogP contribution in [0.15, 0.2) is 35.2 Å². The molecule has 0 radical (unpaired) electrons. The number of aryl methyl sites for hydroxylation is 1. The number of ether oxygens (including phenoxy) is 1. The number of nitrogens with one attached hydrogen (secondary N) is 1. The highest BCUT2D eigenvalue weighted by atomic mass is 79.9. The molecule has 1 unspecified atom stereocenters. The molecule has 0 amide bonds. The minimum Gasteiger partial charge on any atom is -0.377 e. The van der Waals surface area contributed by atoms with Crippen molar-refractivity contribution in [3.63, 3.8) is 0 Å². The number of aromatic nitrogens is 4. The minimum atomic E-state index is 0.389. The molecule has 2 aromatic heterocycles. The summed E-state index contributed by atoms with van der Waals surface area (Å²) in [6, 6.07) is 8.77. The van der Waals surface area contributed by atoms with E-state index >= 15 is 0 Å². The summed E-state index contributed by atoms with van der Waals surface area (Å²) in [5.74, 6) is 0.734. The smallest absolute Gasteiger partial charge is 0.164 e. The molecule has 1 atom stereocenters. The second kappa shape index (κ2) is 6.61. The predicted octanol–water partition coefficient (Wildman–Crippen LogP) is 3.09. The summed E-state index contributed by atoms with van der Waals surface area (Å²) in [5, 5.41) is 8.58. The quantitative estimate of drug-likeness (QED) is 0.725. The molecule has 0 bridgehead atoms. The van der Waals surface area contributed by atoms with Crippen LogP contribution in [0.3, 0.4) is 0 Å². The molecular weight excluding hydrogens is 384 g/mol. The van der Waals surface area contributed by atoms with E-state index in [9.17, 15) is 0 Å². The summed E-state index contributed by atoms with van der Waals surface area (Å²) in [5.41, 5.74) is 2.96. The number of rotatable bonds is 3. The third-order valence-electron chi connectivity index (χ3n) is 4.41. The van der Waals surface area contributed by atoms with Crippen molar-refractivity contribution >= 4 is 44.2 Å². The SMILES string of the molecule is CC1COCCN1c1ccc(Nc2ncnc3c2c(Br)nn3C)cc1. The Morgan fingerprint density at radius 2 is 2.04 bits per heavy atom. The Labute approximate surface area is 154 Å². The molecule has 8 heteroatoms. The van der Waals surface area contributed by atoms with Crippen LogP contribution in [0.5, 0.6) is 0 Å². The van der Waals surface area contributed by atoms with Crippen LogP contribution < -0.4 is 10.2 Å². The Bertz CT molecular complexity index is 894. The second-order valence-corrected chi connectivity index (χ2v) is 6.88. The second-order valence-electron chi connectivity index (χ2n) is 6.12. The molecule has 130 valence electrons. The van der Waals surface area contributed by atoms with Crippen molar-refractivity contribution in [2.45, 2.75) is 13.0 Å². The number of fused-ring (bicyclic) bond motifs is 1. The third kappa shape index (κ3) is 3.07. The van der Waals surface area contributed by atoms with Crippen molar-refractivity contribution in [1.82, 2.24) is 19.7 Å². The van der Waals surface area contributed by atoms with Gasteiger partial charge in [0.05, 0.1) is 18.6 Å². The highest BCUT2D eigenvalue weighted by Crippen LogP contribution is 2.30. The third-order valence-corrected chi connectivity index (χ3v) is 4.96. The molecule has 4 rings (SSSR count). The average molecular weight is 403 g/mol. The van der Waals surface area contributed by atoms with Gasteiger partial charge in [-0.15, -0.1) is 0 Å². The molecule has 1 aliphatic rings. The van der Waals surface area contributed by atoms with Crippen molar-refractivity contribution in [3.8, 4) is 0 Å². The summed E-state index contributed by atoms with van der Waals surface area (Å²) < 4.78 is 7.97. The lowest BCUT2D eigenvalue weighted by atomic mass is 10.2. The minimum absolute atomic E-state index is 0.389. The Morgan fingerprint density at radius 1 is 1.24 bits per heavy atom. The van der Waals surface area contributed by atoms with Crippen molar-refractivity contribution in [2.24, 2.45) is 7.05 Å². The maximum Gasteiger partial charge on any atom is 0.164 e. The van der Waals surface area contributed by atoms with Gasteiger partial charge < -0.3 is 15.0 Å². The number of hydrogen-bond donors (Lipinski definition) is 1. The van der Waals surface area contributed by atoms with Crippen LogP contribution >= 0.6 is 15.9 Å². The topological polar surface area (TPSA) is 68.1 Å². The standard InChI is InChI=1S/C17H19BrN6O/c1-11-9-25-8-7-24(11)13-5-3-12(4-6-13)21-16-14-15(18)22-23(2)17(14)20-10-19-16/h3-6,10-11H,7-9H2,1-2H3,(H,19,20,21). The summed E-state index contributed by atoms with van der Waals surface area (Å²) >= 11 is 3.48. The van der Waals surface area contributed by atoms with E-state index in [0.717, 1.165) is 46.9 Å². The zero-order valence-corrected chi connectivity index (χ0v) is 15.7. The van der Waals surface area contributed by atoms with Crippen LogP contribution in [-0.4, -0.2) is 45.5 Å². The zero-order valence-electron chi connectivity index (χ0n) is 14.1. The first-order chi connectivity index (χ1) is 12.1. The van der Waals surface area contributed by atoms with Crippen molar-refractivity contribution in [1.29, 1.82) is 0 Å². The lowest BCUT2D eigenvalue weighted by molar-refractivity contribution is 0.0989. The van der Waals surface area contributed by atoms with E-state index in [1.165, 1.54) is 5.69 Å². The van der Waals surface area contributed by atoms with Crippen molar-refractivity contribution in [2.75, 3.05) is 30.0 Å². The molecule has 1 aromatic carbocycles. The highest BCUT2D eigenvalue weighted by Gasteiger charge is 2.19. The van der Waals surface area contributed by atoms with Crippen LogP contribution in [-0.2, 0) is 11.8 Å². The van der Waals surface area contributed by atoms with E-state index in [2.05, 4.69) is 72.4 Å². The fourth-order valence-electron chi connectivity index (χ4n) is 3.12. The summed E-state index contributed by atoms with van der Waals surface area (Å²) in [6.45, 7) is 4.65. The van der Waals surface area contributed by atoms with Crippen LogP contribution in [0.4, 0.5) is 17.2 Å². The molecule has 1 N–H and O–H groups in total. The Kier molecular flexibility index (Phi) is 4.30. The van der Waals surface area contributed by atoms with Gasteiger partial charge in [0.15, 0.2) is 5.65 Å². The Morgan fingerprint density at radius 3 is 2.80 bits per heavy atom. The van der Waals surface area contributed by atoms with Gasteiger partial charge in [-0.2, -0.15) is 5.10 Å².